The van der Waals surface area contributed by atoms with E-state index in [-0.39, 0.29) is 10.8 Å². The highest BCUT2D eigenvalue weighted by molar-refractivity contribution is 7.90. The molecule has 0 atom stereocenters. The number of hydrogen-bond donors (Lipinski definition) is 2. The maximum atomic E-state index is 12.0. The highest BCUT2D eigenvalue weighted by Crippen LogP contribution is 2.15. The molecule has 6 heteroatoms. The van der Waals surface area contributed by atoms with Crippen molar-refractivity contribution in [3.05, 3.63) is 54.1 Å². The Labute approximate surface area is 123 Å². The summed E-state index contributed by atoms with van der Waals surface area (Å²) >= 11 is 4.15. The van der Waals surface area contributed by atoms with Crippen molar-refractivity contribution in [3.63, 3.8) is 0 Å². The summed E-state index contributed by atoms with van der Waals surface area (Å²) in [7, 11) is -3.23. The number of anilines is 1. The van der Waals surface area contributed by atoms with Crippen LogP contribution in [0.3, 0.4) is 0 Å². The van der Waals surface area contributed by atoms with Crippen LogP contribution in [-0.2, 0) is 9.84 Å². The van der Waals surface area contributed by atoms with Crippen LogP contribution in [0.5, 0.6) is 0 Å². The fraction of sp³-hybridized carbons (Fsp3) is 0.0714. The molecule has 0 aliphatic rings. The molecular formula is C14H13NO3S2. The summed E-state index contributed by atoms with van der Waals surface area (Å²) in [4.78, 5) is 12.9. The zero-order valence-electron chi connectivity index (χ0n) is 10.7. The summed E-state index contributed by atoms with van der Waals surface area (Å²) < 4.78 is 22.7. The van der Waals surface area contributed by atoms with E-state index in [1.54, 1.807) is 36.4 Å². The van der Waals surface area contributed by atoms with E-state index in [4.69, 9.17) is 0 Å². The van der Waals surface area contributed by atoms with E-state index >= 15 is 0 Å². The summed E-state index contributed by atoms with van der Waals surface area (Å²) in [5.74, 6) is -0.259. The van der Waals surface area contributed by atoms with E-state index in [1.165, 1.54) is 12.1 Å². The molecule has 0 heterocycles. The van der Waals surface area contributed by atoms with E-state index in [0.29, 0.717) is 11.3 Å². The molecule has 1 amide bonds. The summed E-state index contributed by atoms with van der Waals surface area (Å²) in [5, 5.41) is 2.70. The molecule has 0 radical (unpaired) electrons. The molecule has 2 aromatic carbocycles. The average Bonchev–Trinajstić information content (AvgIpc) is 2.39. The molecule has 4 nitrogen and oxygen atoms in total. The van der Waals surface area contributed by atoms with E-state index in [1.807, 2.05) is 0 Å². The van der Waals surface area contributed by atoms with Gasteiger partial charge in [-0.25, -0.2) is 8.42 Å². The zero-order chi connectivity index (χ0) is 14.8. The van der Waals surface area contributed by atoms with Gasteiger partial charge < -0.3 is 5.32 Å². The molecular weight excluding hydrogens is 294 g/mol. The van der Waals surface area contributed by atoms with E-state index in [2.05, 4.69) is 17.9 Å². The Kier molecular flexibility index (Phi) is 4.15. The molecule has 0 saturated carbocycles. The standard InChI is InChI=1S/C14H13NO3S2/c1-20(17,18)13-8-4-11(5-9-13)15-14(16)10-2-6-12(19)7-3-10/h2-9,19H,1H3,(H,15,16). The van der Waals surface area contributed by atoms with Crippen LogP contribution in [0.15, 0.2) is 58.3 Å². The van der Waals surface area contributed by atoms with Gasteiger partial charge in [-0.1, -0.05) is 0 Å². The van der Waals surface area contributed by atoms with Crippen molar-refractivity contribution in [1.29, 1.82) is 0 Å². The monoisotopic (exact) mass is 307 g/mol. The summed E-state index contributed by atoms with van der Waals surface area (Å²) in [6, 6.07) is 12.8. The Morgan fingerprint density at radius 2 is 1.55 bits per heavy atom. The topological polar surface area (TPSA) is 63.2 Å². The van der Waals surface area contributed by atoms with Gasteiger partial charge in [-0.2, -0.15) is 0 Å². The highest BCUT2D eigenvalue weighted by Gasteiger charge is 2.08. The van der Waals surface area contributed by atoms with Crippen molar-refractivity contribution in [2.45, 2.75) is 9.79 Å². The van der Waals surface area contributed by atoms with Gasteiger partial charge in [0.05, 0.1) is 4.90 Å². The van der Waals surface area contributed by atoms with Crippen LogP contribution in [0.4, 0.5) is 5.69 Å². The van der Waals surface area contributed by atoms with Gasteiger partial charge in [0.1, 0.15) is 0 Å². The predicted molar refractivity (Wildman–Crippen MR) is 81.2 cm³/mol. The van der Waals surface area contributed by atoms with Crippen LogP contribution >= 0.6 is 12.6 Å². The largest absolute Gasteiger partial charge is 0.322 e. The Bertz CT molecular complexity index is 720. The van der Waals surface area contributed by atoms with Gasteiger partial charge in [0.2, 0.25) is 0 Å². The van der Waals surface area contributed by atoms with E-state index in [9.17, 15) is 13.2 Å². The quantitative estimate of drug-likeness (QED) is 0.857. The van der Waals surface area contributed by atoms with Crippen molar-refractivity contribution in [3.8, 4) is 0 Å². The molecule has 0 fully saturated rings. The minimum Gasteiger partial charge on any atom is -0.322 e. The second-order valence-corrected chi connectivity index (χ2v) is 6.83. The number of rotatable bonds is 3. The SMILES string of the molecule is CS(=O)(=O)c1ccc(NC(=O)c2ccc(S)cc2)cc1. The maximum absolute atomic E-state index is 12.0. The van der Waals surface area contributed by atoms with Crippen LogP contribution in [-0.4, -0.2) is 20.6 Å². The Morgan fingerprint density at radius 1 is 1.00 bits per heavy atom. The van der Waals surface area contributed by atoms with Gasteiger partial charge >= 0.3 is 0 Å². The molecule has 2 aromatic rings. The first-order valence-electron chi connectivity index (χ1n) is 5.77. The third-order valence-corrected chi connectivity index (χ3v) is 4.10. The van der Waals surface area contributed by atoms with E-state index < -0.39 is 9.84 Å². The van der Waals surface area contributed by atoms with Crippen LogP contribution in [0.2, 0.25) is 0 Å². The maximum Gasteiger partial charge on any atom is 0.255 e. The minimum absolute atomic E-state index is 0.218. The van der Waals surface area contributed by atoms with Gasteiger partial charge in [-0.05, 0) is 48.5 Å². The molecule has 0 aromatic heterocycles. The summed E-state index contributed by atoms with van der Waals surface area (Å²) in [5.41, 5.74) is 1.05. The van der Waals surface area contributed by atoms with Crippen molar-refractivity contribution >= 4 is 34.1 Å². The lowest BCUT2D eigenvalue weighted by atomic mass is 10.2. The van der Waals surface area contributed by atoms with Crippen LogP contribution in [0.25, 0.3) is 0 Å². The first-order chi connectivity index (χ1) is 9.36. The van der Waals surface area contributed by atoms with Gasteiger partial charge in [0, 0.05) is 22.4 Å². The molecule has 0 aliphatic heterocycles. The van der Waals surface area contributed by atoms with Gasteiger partial charge in [0.25, 0.3) is 5.91 Å². The molecule has 1 N–H and O–H groups in total. The lowest BCUT2D eigenvalue weighted by Gasteiger charge is -2.06. The average molecular weight is 307 g/mol. The van der Waals surface area contributed by atoms with Crippen LogP contribution in [0.1, 0.15) is 10.4 Å². The Hall–Kier alpha value is -1.79. The van der Waals surface area contributed by atoms with Gasteiger partial charge in [-0.3, -0.25) is 4.79 Å². The number of sulfone groups is 1. The molecule has 0 aliphatic carbocycles. The van der Waals surface area contributed by atoms with Crippen molar-refractivity contribution < 1.29 is 13.2 Å². The number of carbonyl (C=O) groups is 1. The molecule has 2 rings (SSSR count). The van der Waals surface area contributed by atoms with Crippen molar-refractivity contribution in [2.24, 2.45) is 0 Å². The molecule has 104 valence electrons. The first kappa shape index (κ1) is 14.6. The number of benzene rings is 2. The molecule has 0 bridgehead atoms. The number of carbonyl (C=O) groups excluding carboxylic acids is 1. The second-order valence-electron chi connectivity index (χ2n) is 4.30. The fourth-order valence-corrected chi connectivity index (χ4v) is 2.38. The van der Waals surface area contributed by atoms with Gasteiger partial charge in [0.15, 0.2) is 9.84 Å². The molecule has 0 saturated heterocycles. The summed E-state index contributed by atoms with van der Waals surface area (Å²) in [6.45, 7) is 0. The normalized spacial score (nSPS) is 11.1. The Balaban J connectivity index is 2.14. The van der Waals surface area contributed by atoms with Crippen LogP contribution in [0, 0.1) is 0 Å². The first-order valence-corrected chi connectivity index (χ1v) is 8.10. The number of thiol groups is 1. The van der Waals surface area contributed by atoms with Crippen molar-refractivity contribution in [2.75, 3.05) is 11.6 Å². The molecule has 20 heavy (non-hydrogen) atoms. The second kappa shape index (κ2) is 5.68. The number of hydrogen-bond acceptors (Lipinski definition) is 4. The minimum atomic E-state index is -3.23. The summed E-state index contributed by atoms with van der Waals surface area (Å²) in [6.07, 6.45) is 1.14. The van der Waals surface area contributed by atoms with Crippen LogP contribution < -0.4 is 5.32 Å². The zero-order valence-corrected chi connectivity index (χ0v) is 12.4. The number of amides is 1. The smallest absolute Gasteiger partial charge is 0.255 e. The molecule has 0 unspecified atom stereocenters. The fourth-order valence-electron chi connectivity index (χ4n) is 1.60. The third-order valence-electron chi connectivity index (χ3n) is 2.67. The van der Waals surface area contributed by atoms with Crippen molar-refractivity contribution in [1.82, 2.24) is 0 Å². The predicted octanol–water partition coefficient (Wildman–Crippen LogP) is 2.63. The lowest BCUT2D eigenvalue weighted by Crippen LogP contribution is -2.11. The van der Waals surface area contributed by atoms with Gasteiger partial charge in [-0.15, -0.1) is 12.6 Å². The third kappa shape index (κ3) is 3.61. The Morgan fingerprint density at radius 3 is 2.05 bits per heavy atom. The highest BCUT2D eigenvalue weighted by atomic mass is 32.2. The number of nitrogens with one attached hydrogen (secondary N) is 1. The lowest BCUT2D eigenvalue weighted by molar-refractivity contribution is 0.102. The van der Waals surface area contributed by atoms with E-state index in [0.717, 1.165) is 11.2 Å². The molecule has 0 spiro atoms.